The number of primary amides is 2. The molecule has 12 nitrogen and oxygen atoms in total. The van der Waals surface area contributed by atoms with Crippen molar-refractivity contribution in [2.24, 2.45) is 11.5 Å². The Morgan fingerprint density at radius 2 is 1.03 bits per heavy atom. The first-order valence-electron chi connectivity index (χ1n) is 10.8. The van der Waals surface area contributed by atoms with Crippen molar-refractivity contribution in [3.05, 3.63) is 60.7 Å². The van der Waals surface area contributed by atoms with E-state index in [2.05, 4.69) is 34.2 Å². The van der Waals surface area contributed by atoms with Gasteiger partial charge < -0.3 is 19.8 Å². The van der Waals surface area contributed by atoms with E-state index in [0.29, 0.717) is 8.61 Å². The summed E-state index contributed by atoms with van der Waals surface area (Å²) in [6.07, 6.45) is -1.48. The molecule has 200 valence electrons. The predicted molar refractivity (Wildman–Crippen MR) is 141 cm³/mol. The Kier molecular flexibility index (Phi) is 11.1. The summed E-state index contributed by atoms with van der Waals surface area (Å²) in [5, 5.41) is 0. The zero-order valence-electron chi connectivity index (χ0n) is 19.4. The van der Waals surface area contributed by atoms with Gasteiger partial charge in [0.2, 0.25) is 11.8 Å². The number of hydrogen-bond donors (Lipinski definition) is 4. The maximum atomic E-state index is 14.4. The number of hydrogen-bond acceptors (Lipinski definition) is 10. The van der Waals surface area contributed by atoms with Gasteiger partial charge in [0.15, 0.2) is 0 Å². The maximum Gasteiger partial charge on any atom is 0.341 e. The van der Waals surface area contributed by atoms with Gasteiger partial charge in [0.1, 0.15) is 12.1 Å². The highest BCUT2D eigenvalue weighted by molar-refractivity contribution is 7.94. The number of benzene rings is 2. The van der Waals surface area contributed by atoms with Gasteiger partial charge >= 0.3 is 22.1 Å². The highest BCUT2D eigenvalue weighted by Gasteiger charge is 2.44. The highest BCUT2D eigenvalue weighted by atomic mass is 32.2. The first-order chi connectivity index (χ1) is 17.5. The number of nitrogens with zero attached hydrogens (tertiary/aromatic N) is 2. The molecule has 0 unspecified atom stereocenters. The zero-order valence-corrected chi connectivity index (χ0v) is 22.0. The quantitative estimate of drug-likeness (QED) is 0.194. The molecular weight excluding hydrogens is 544 g/mol. The van der Waals surface area contributed by atoms with Gasteiger partial charge in [-0.1, -0.05) is 36.4 Å². The average Bonchev–Trinajstić information content (AvgIpc) is 2.88. The van der Waals surface area contributed by atoms with Crippen LogP contribution >= 0.6 is 25.8 Å². The largest absolute Gasteiger partial charge is 0.393 e. The fourth-order valence-corrected chi connectivity index (χ4v) is 5.77. The lowest BCUT2D eigenvalue weighted by Gasteiger charge is -2.38. The second-order valence-corrected chi connectivity index (χ2v) is 9.68. The van der Waals surface area contributed by atoms with Crippen LogP contribution in [0.5, 0.6) is 0 Å². The third kappa shape index (κ3) is 7.77. The van der Waals surface area contributed by atoms with Gasteiger partial charge in [-0.05, 0) is 37.1 Å². The molecule has 2 aromatic rings. The average molecular weight is 571 g/mol. The molecule has 2 atom stereocenters. The van der Waals surface area contributed by atoms with Crippen molar-refractivity contribution >= 4 is 71.2 Å². The monoisotopic (exact) mass is 570 g/mol. The molecule has 0 aromatic heterocycles. The van der Waals surface area contributed by atoms with Crippen LogP contribution in [0.3, 0.4) is 0 Å². The number of rotatable bonds is 14. The molecule has 0 bridgehead atoms. The van der Waals surface area contributed by atoms with Gasteiger partial charge in [0.25, 0.3) is 0 Å². The number of para-hydroxylation sites is 2. The Hall–Kier alpha value is -3.43. The number of carbonyl (C=O) groups excluding carboxylic acids is 4. The van der Waals surface area contributed by atoms with Crippen LogP contribution in [0.25, 0.3) is 0 Å². The van der Waals surface area contributed by atoms with Crippen LogP contribution in [-0.2, 0) is 37.8 Å². The van der Waals surface area contributed by atoms with E-state index in [1.165, 1.54) is 48.5 Å². The second-order valence-electron chi connectivity index (χ2n) is 7.63. The van der Waals surface area contributed by atoms with E-state index < -0.39 is 46.0 Å². The normalized spacial score (nSPS) is 12.6. The molecule has 2 aromatic carbocycles. The molecule has 4 N–H and O–H groups in total. The zero-order chi connectivity index (χ0) is 27.6. The first kappa shape index (κ1) is 29.8. The smallest absolute Gasteiger partial charge is 0.341 e. The number of anilines is 2. The number of thiol groups is 2. The predicted octanol–water partition coefficient (Wildman–Crippen LogP) is 1.29. The molecule has 0 aliphatic heterocycles. The number of nitrogens with two attached hydrogens (primary N) is 2. The summed E-state index contributed by atoms with van der Waals surface area (Å²) in [5.74, 6) is -3.79. The molecule has 0 saturated heterocycles. The summed E-state index contributed by atoms with van der Waals surface area (Å²) in [6.45, 7) is 0. The minimum Gasteiger partial charge on any atom is -0.393 e. The van der Waals surface area contributed by atoms with E-state index >= 15 is 0 Å². The number of amides is 2. The van der Waals surface area contributed by atoms with Crippen LogP contribution in [0.2, 0.25) is 0 Å². The minimum absolute atomic E-state index is 0.00419. The number of carbonyl (C=O) groups is 4. The van der Waals surface area contributed by atoms with Crippen molar-refractivity contribution in [1.82, 2.24) is 0 Å². The molecule has 37 heavy (non-hydrogen) atoms. The highest BCUT2D eigenvalue weighted by Crippen LogP contribution is 2.32. The molecular formula is C22H26N4O8S3. The van der Waals surface area contributed by atoms with E-state index in [4.69, 9.17) is 11.5 Å². The molecule has 0 fully saturated rings. The Labute approximate surface area is 225 Å². The molecule has 0 radical (unpaired) electrons. The van der Waals surface area contributed by atoms with E-state index in [0.717, 1.165) is 0 Å². The van der Waals surface area contributed by atoms with E-state index in [-0.39, 0.29) is 37.1 Å². The van der Waals surface area contributed by atoms with Gasteiger partial charge in [-0.3, -0.25) is 9.59 Å². The molecule has 0 heterocycles. The Bertz CT molecular complexity index is 1110. The fraction of sp³-hybridized carbons (Fsp3) is 0.273. The van der Waals surface area contributed by atoms with Gasteiger partial charge in [-0.25, -0.2) is 18.2 Å². The van der Waals surface area contributed by atoms with E-state index in [1.54, 1.807) is 12.1 Å². The standard InChI is InChI=1S/C22H26N4O8S3/c23-19(27)13-11-17(21(29)33-35)25(15-7-3-1-4-8-15)37(31,32)26(16-9-5-2-6-10-16)18(22(30)34-36)12-14-20(24)28/h1-10,17-18,35-36H,11-14H2,(H2,23,27)(H2,24,28)/t17-,18-/m0/s1. The third-order valence-electron chi connectivity index (χ3n) is 5.14. The summed E-state index contributed by atoms with van der Waals surface area (Å²) < 4.78 is 39.3. The summed E-state index contributed by atoms with van der Waals surface area (Å²) >= 11 is 7.06. The molecule has 15 heteroatoms. The van der Waals surface area contributed by atoms with Crippen molar-refractivity contribution in [2.45, 2.75) is 37.8 Å². The molecule has 0 spiro atoms. The van der Waals surface area contributed by atoms with Crippen LogP contribution in [0.4, 0.5) is 11.4 Å². The van der Waals surface area contributed by atoms with Crippen molar-refractivity contribution in [3.8, 4) is 0 Å². The van der Waals surface area contributed by atoms with Crippen molar-refractivity contribution in [3.63, 3.8) is 0 Å². The third-order valence-corrected chi connectivity index (χ3v) is 7.42. The van der Waals surface area contributed by atoms with Gasteiger partial charge in [0, 0.05) is 38.7 Å². The molecule has 0 saturated carbocycles. The lowest BCUT2D eigenvalue weighted by Crippen LogP contribution is -2.57. The van der Waals surface area contributed by atoms with Crippen LogP contribution in [-0.4, -0.2) is 44.3 Å². The van der Waals surface area contributed by atoms with E-state index in [1.807, 2.05) is 0 Å². The Morgan fingerprint density at radius 3 is 1.30 bits per heavy atom. The summed E-state index contributed by atoms with van der Waals surface area (Å²) in [7, 11) is -4.88. The molecule has 2 amide bonds. The second kappa shape index (κ2) is 13.8. The fourth-order valence-electron chi connectivity index (χ4n) is 3.53. The maximum absolute atomic E-state index is 14.4. The summed E-state index contributed by atoms with van der Waals surface area (Å²) in [6, 6.07) is 11.7. The molecule has 0 aliphatic rings. The van der Waals surface area contributed by atoms with Crippen LogP contribution in [0.1, 0.15) is 25.7 Å². The topological polar surface area (TPSA) is 179 Å². The molecule has 2 rings (SSSR count). The lowest BCUT2D eigenvalue weighted by molar-refractivity contribution is -0.135. The van der Waals surface area contributed by atoms with E-state index in [9.17, 15) is 27.6 Å². The Balaban J connectivity index is 2.82. The van der Waals surface area contributed by atoms with Crippen molar-refractivity contribution < 1.29 is 36.0 Å². The SMILES string of the molecule is NC(=O)CC[C@@H](C(=O)OS)N(c1ccccc1)S(=O)(=O)N(c1ccccc1)[C@@H](CCC(N)=O)C(=O)OS. The van der Waals surface area contributed by atoms with Crippen LogP contribution in [0.15, 0.2) is 60.7 Å². The lowest BCUT2D eigenvalue weighted by atomic mass is 10.1. The summed E-state index contributed by atoms with van der Waals surface area (Å²) in [5.41, 5.74) is 10.5. The van der Waals surface area contributed by atoms with Crippen LogP contribution < -0.4 is 20.1 Å². The summed E-state index contributed by atoms with van der Waals surface area (Å²) in [4.78, 5) is 48.6. The van der Waals surface area contributed by atoms with Gasteiger partial charge in [-0.2, -0.15) is 8.42 Å². The Morgan fingerprint density at radius 1 is 0.703 bits per heavy atom. The van der Waals surface area contributed by atoms with Crippen LogP contribution in [0, 0.1) is 0 Å². The minimum atomic E-state index is -4.88. The first-order valence-corrected chi connectivity index (χ1v) is 12.9. The van der Waals surface area contributed by atoms with Crippen molar-refractivity contribution in [2.75, 3.05) is 8.61 Å². The molecule has 0 aliphatic carbocycles. The van der Waals surface area contributed by atoms with Crippen molar-refractivity contribution in [1.29, 1.82) is 0 Å². The van der Waals surface area contributed by atoms with Gasteiger partial charge in [-0.15, -0.1) is 0 Å². The van der Waals surface area contributed by atoms with Gasteiger partial charge in [0.05, 0.1) is 11.4 Å².